The van der Waals surface area contributed by atoms with E-state index < -0.39 is 0 Å². The molecule has 0 bridgehead atoms. The molecule has 0 aliphatic rings. The first-order valence-corrected chi connectivity index (χ1v) is 5.00. The quantitative estimate of drug-likeness (QED) is 0.842. The Labute approximate surface area is 93.3 Å². The number of nitrogens with one attached hydrogen (secondary N) is 1. The first kappa shape index (κ1) is 10.4. The molecule has 2 aromatic rings. The number of hydrogen-bond donors (Lipinski definition) is 1. The van der Waals surface area contributed by atoms with Crippen LogP contribution in [0.3, 0.4) is 0 Å². The van der Waals surface area contributed by atoms with Crippen molar-refractivity contribution in [1.82, 2.24) is 19.7 Å². The SMILES string of the molecule is CCNc1cc(Oc2cnn(C)c2)ncn1. The van der Waals surface area contributed by atoms with Gasteiger partial charge in [0.1, 0.15) is 12.1 Å². The molecule has 0 saturated carbocycles. The Balaban J connectivity index is 2.12. The Kier molecular flexibility index (Phi) is 3.00. The van der Waals surface area contributed by atoms with Crippen molar-refractivity contribution in [3.63, 3.8) is 0 Å². The van der Waals surface area contributed by atoms with Crippen LogP contribution < -0.4 is 10.1 Å². The summed E-state index contributed by atoms with van der Waals surface area (Å²) in [6, 6.07) is 1.75. The molecule has 2 aromatic heterocycles. The lowest BCUT2D eigenvalue weighted by atomic mass is 10.5. The summed E-state index contributed by atoms with van der Waals surface area (Å²) in [5, 5.41) is 7.09. The number of ether oxygens (including phenoxy) is 1. The molecule has 0 aliphatic heterocycles. The highest BCUT2D eigenvalue weighted by atomic mass is 16.5. The third-order valence-corrected chi connectivity index (χ3v) is 1.90. The van der Waals surface area contributed by atoms with Crippen molar-refractivity contribution >= 4 is 5.82 Å². The summed E-state index contributed by atoms with van der Waals surface area (Å²) in [5.74, 6) is 1.90. The molecule has 0 unspecified atom stereocenters. The lowest BCUT2D eigenvalue weighted by Crippen LogP contribution is -1.99. The molecule has 6 heteroatoms. The summed E-state index contributed by atoms with van der Waals surface area (Å²) in [7, 11) is 1.83. The number of rotatable bonds is 4. The third-order valence-electron chi connectivity index (χ3n) is 1.90. The van der Waals surface area contributed by atoms with E-state index in [2.05, 4.69) is 20.4 Å². The average Bonchev–Trinajstić information content (AvgIpc) is 2.65. The zero-order chi connectivity index (χ0) is 11.4. The molecule has 0 aromatic carbocycles. The predicted octanol–water partition coefficient (Wildman–Crippen LogP) is 1.43. The van der Waals surface area contributed by atoms with Gasteiger partial charge in [0.2, 0.25) is 5.88 Å². The molecule has 1 N–H and O–H groups in total. The van der Waals surface area contributed by atoms with E-state index in [-0.39, 0.29) is 0 Å². The predicted molar refractivity (Wildman–Crippen MR) is 59.5 cm³/mol. The van der Waals surface area contributed by atoms with E-state index in [9.17, 15) is 0 Å². The topological polar surface area (TPSA) is 64.9 Å². The highest BCUT2D eigenvalue weighted by Gasteiger charge is 2.02. The van der Waals surface area contributed by atoms with Crippen LogP contribution in [0.2, 0.25) is 0 Å². The fraction of sp³-hybridized carbons (Fsp3) is 0.300. The maximum absolute atomic E-state index is 5.51. The molecule has 2 heterocycles. The Morgan fingerprint density at radius 1 is 1.44 bits per heavy atom. The van der Waals surface area contributed by atoms with Crippen LogP contribution in [0.1, 0.15) is 6.92 Å². The summed E-state index contributed by atoms with van der Waals surface area (Å²) in [4.78, 5) is 8.07. The lowest BCUT2D eigenvalue weighted by Gasteiger charge is -2.04. The van der Waals surface area contributed by atoms with Gasteiger partial charge in [0.05, 0.1) is 12.4 Å². The minimum atomic E-state index is 0.499. The van der Waals surface area contributed by atoms with Gasteiger partial charge in [-0.05, 0) is 6.92 Å². The van der Waals surface area contributed by atoms with Gasteiger partial charge in [-0.1, -0.05) is 0 Å². The van der Waals surface area contributed by atoms with Crippen LogP contribution in [0, 0.1) is 0 Å². The second-order valence-corrected chi connectivity index (χ2v) is 3.22. The van der Waals surface area contributed by atoms with E-state index in [1.165, 1.54) is 6.33 Å². The van der Waals surface area contributed by atoms with Crippen LogP contribution in [0.25, 0.3) is 0 Å². The van der Waals surface area contributed by atoms with Gasteiger partial charge < -0.3 is 10.1 Å². The van der Waals surface area contributed by atoms with Gasteiger partial charge in [0.15, 0.2) is 5.75 Å². The standard InChI is InChI=1S/C10H13N5O/c1-3-11-9-4-10(13-7-12-9)16-8-5-14-15(2)6-8/h4-7H,3H2,1-2H3,(H,11,12,13). The van der Waals surface area contributed by atoms with Gasteiger partial charge in [-0.3, -0.25) is 4.68 Å². The van der Waals surface area contributed by atoms with Crippen molar-refractivity contribution in [2.24, 2.45) is 7.05 Å². The van der Waals surface area contributed by atoms with Crippen LogP contribution in [-0.4, -0.2) is 26.3 Å². The van der Waals surface area contributed by atoms with Gasteiger partial charge in [-0.25, -0.2) is 9.97 Å². The molecule has 84 valence electrons. The highest BCUT2D eigenvalue weighted by molar-refractivity contribution is 5.38. The molecule has 6 nitrogen and oxygen atoms in total. The zero-order valence-electron chi connectivity index (χ0n) is 9.21. The van der Waals surface area contributed by atoms with Crippen molar-refractivity contribution in [1.29, 1.82) is 0 Å². The van der Waals surface area contributed by atoms with Gasteiger partial charge in [-0.2, -0.15) is 5.10 Å². The first-order valence-electron chi connectivity index (χ1n) is 5.00. The fourth-order valence-corrected chi connectivity index (χ4v) is 1.25. The van der Waals surface area contributed by atoms with E-state index in [0.717, 1.165) is 12.4 Å². The van der Waals surface area contributed by atoms with E-state index >= 15 is 0 Å². The van der Waals surface area contributed by atoms with Crippen molar-refractivity contribution in [3.05, 3.63) is 24.8 Å². The van der Waals surface area contributed by atoms with Crippen LogP contribution in [0.5, 0.6) is 11.6 Å². The second kappa shape index (κ2) is 4.61. The lowest BCUT2D eigenvalue weighted by molar-refractivity contribution is 0.461. The molecule has 0 fully saturated rings. The molecule has 0 aliphatic carbocycles. The van der Waals surface area contributed by atoms with Gasteiger partial charge >= 0.3 is 0 Å². The van der Waals surface area contributed by atoms with Gasteiger partial charge in [0, 0.05) is 19.7 Å². The molecular formula is C10H13N5O. The van der Waals surface area contributed by atoms with Gasteiger partial charge in [0.25, 0.3) is 0 Å². The number of aryl methyl sites for hydroxylation is 1. The summed E-state index contributed by atoms with van der Waals surface area (Å²) >= 11 is 0. The number of hydrogen-bond acceptors (Lipinski definition) is 5. The molecule has 2 rings (SSSR count). The molecule has 0 amide bonds. The molecule has 16 heavy (non-hydrogen) atoms. The Morgan fingerprint density at radius 3 is 3.00 bits per heavy atom. The van der Waals surface area contributed by atoms with E-state index in [1.54, 1.807) is 23.1 Å². The summed E-state index contributed by atoms with van der Waals surface area (Å²) in [6.07, 6.45) is 4.87. The third kappa shape index (κ3) is 2.47. The van der Waals surface area contributed by atoms with E-state index in [4.69, 9.17) is 4.74 Å². The van der Waals surface area contributed by atoms with Crippen LogP contribution in [0.15, 0.2) is 24.8 Å². The number of nitrogens with zero attached hydrogens (tertiary/aromatic N) is 4. The minimum absolute atomic E-state index is 0.499. The minimum Gasteiger partial charge on any atom is -0.436 e. The highest BCUT2D eigenvalue weighted by Crippen LogP contribution is 2.19. The molecule has 0 radical (unpaired) electrons. The maximum Gasteiger partial charge on any atom is 0.224 e. The normalized spacial score (nSPS) is 10.1. The summed E-state index contributed by atoms with van der Waals surface area (Å²) in [5.41, 5.74) is 0. The number of anilines is 1. The Morgan fingerprint density at radius 2 is 2.31 bits per heavy atom. The van der Waals surface area contributed by atoms with Crippen LogP contribution in [-0.2, 0) is 7.05 Å². The molecular weight excluding hydrogens is 206 g/mol. The molecule has 0 atom stereocenters. The van der Waals surface area contributed by atoms with Crippen molar-refractivity contribution < 1.29 is 4.74 Å². The monoisotopic (exact) mass is 219 g/mol. The summed E-state index contributed by atoms with van der Waals surface area (Å²) < 4.78 is 7.18. The van der Waals surface area contributed by atoms with E-state index in [0.29, 0.717) is 11.6 Å². The van der Waals surface area contributed by atoms with Crippen molar-refractivity contribution in [2.75, 3.05) is 11.9 Å². The van der Waals surface area contributed by atoms with Gasteiger partial charge in [-0.15, -0.1) is 0 Å². The van der Waals surface area contributed by atoms with Crippen LogP contribution in [0.4, 0.5) is 5.82 Å². The molecule has 0 saturated heterocycles. The molecule has 0 spiro atoms. The first-order chi connectivity index (χ1) is 7.78. The smallest absolute Gasteiger partial charge is 0.224 e. The zero-order valence-corrected chi connectivity index (χ0v) is 9.21. The second-order valence-electron chi connectivity index (χ2n) is 3.22. The maximum atomic E-state index is 5.51. The van der Waals surface area contributed by atoms with E-state index in [1.807, 2.05) is 14.0 Å². The largest absolute Gasteiger partial charge is 0.436 e. The number of aromatic nitrogens is 4. The summed E-state index contributed by atoms with van der Waals surface area (Å²) in [6.45, 7) is 2.81. The van der Waals surface area contributed by atoms with Crippen molar-refractivity contribution in [2.45, 2.75) is 6.92 Å². The Hall–Kier alpha value is -2.11. The van der Waals surface area contributed by atoms with Crippen molar-refractivity contribution in [3.8, 4) is 11.6 Å². The Bertz CT molecular complexity index is 468. The fourth-order valence-electron chi connectivity index (χ4n) is 1.25. The average molecular weight is 219 g/mol. The van der Waals surface area contributed by atoms with Crippen LogP contribution >= 0.6 is 0 Å².